The number of rotatable bonds is 5. The minimum absolute atomic E-state index is 0.597. The highest BCUT2D eigenvalue weighted by Crippen LogP contribution is 2.30. The molecule has 4 heteroatoms. The van der Waals surface area contributed by atoms with Crippen molar-refractivity contribution in [3.63, 3.8) is 0 Å². The molecule has 3 nitrogen and oxygen atoms in total. The van der Waals surface area contributed by atoms with Crippen molar-refractivity contribution in [3.05, 3.63) is 12.0 Å². The zero-order valence-electron chi connectivity index (χ0n) is 10.0. The molecular weight excluding hydrogens is 220 g/mol. The Hall–Kier alpha value is -0.480. The summed E-state index contributed by atoms with van der Waals surface area (Å²) in [4.78, 5) is 4.31. The summed E-state index contributed by atoms with van der Waals surface area (Å²) >= 11 is 1.72. The van der Waals surface area contributed by atoms with E-state index >= 15 is 0 Å². The van der Waals surface area contributed by atoms with E-state index in [1.165, 1.54) is 25.7 Å². The van der Waals surface area contributed by atoms with Crippen molar-refractivity contribution in [2.24, 2.45) is 5.92 Å². The molecule has 1 aliphatic rings. The van der Waals surface area contributed by atoms with Crippen LogP contribution < -0.4 is 5.32 Å². The first-order valence-electron chi connectivity index (χ1n) is 6.02. The SMILES string of the molecule is CNC(CSc1nc(C)co1)C1CCCC1. The molecule has 0 saturated heterocycles. The highest BCUT2D eigenvalue weighted by molar-refractivity contribution is 7.99. The van der Waals surface area contributed by atoms with Crippen LogP contribution in [0.25, 0.3) is 0 Å². The number of nitrogens with zero attached hydrogens (tertiary/aromatic N) is 1. The van der Waals surface area contributed by atoms with Crippen LogP contribution in [0.1, 0.15) is 31.4 Å². The van der Waals surface area contributed by atoms with E-state index in [0.29, 0.717) is 6.04 Å². The third-order valence-corrected chi connectivity index (χ3v) is 4.28. The van der Waals surface area contributed by atoms with E-state index in [9.17, 15) is 0 Å². The third kappa shape index (κ3) is 3.01. The first-order valence-corrected chi connectivity index (χ1v) is 7.00. The Bertz CT molecular complexity index is 321. The molecule has 0 spiro atoms. The topological polar surface area (TPSA) is 38.1 Å². The average molecular weight is 240 g/mol. The van der Waals surface area contributed by atoms with Gasteiger partial charge in [0.1, 0.15) is 6.26 Å². The summed E-state index contributed by atoms with van der Waals surface area (Å²) in [5.41, 5.74) is 0.962. The molecule has 1 saturated carbocycles. The molecule has 0 bridgehead atoms. The van der Waals surface area contributed by atoms with Crippen LogP contribution in [0.3, 0.4) is 0 Å². The molecule has 1 atom stereocenters. The molecule has 1 N–H and O–H groups in total. The maximum atomic E-state index is 5.35. The molecule has 16 heavy (non-hydrogen) atoms. The Morgan fingerprint density at radius 2 is 2.31 bits per heavy atom. The summed E-state index contributed by atoms with van der Waals surface area (Å²) < 4.78 is 5.35. The van der Waals surface area contributed by atoms with Gasteiger partial charge in [-0.1, -0.05) is 24.6 Å². The van der Waals surface area contributed by atoms with Gasteiger partial charge in [0.25, 0.3) is 5.22 Å². The van der Waals surface area contributed by atoms with Crippen molar-refractivity contribution >= 4 is 11.8 Å². The lowest BCUT2D eigenvalue weighted by molar-refractivity contribution is 0.407. The largest absolute Gasteiger partial charge is 0.440 e. The van der Waals surface area contributed by atoms with E-state index in [1.807, 2.05) is 6.92 Å². The molecule has 0 radical (unpaired) electrons. The average Bonchev–Trinajstić information content (AvgIpc) is 2.91. The van der Waals surface area contributed by atoms with Crippen molar-refractivity contribution in [1.29, 1.82) is 0 Å². The molecule has 1 aliphatic carbocycles. The molecule has 0 aliphatic heterocycles. The quantitative estimate of drug-likeness (QED) is 0.803. The molecule has 1 heterocycles. The molecular formula is C12H20N2OS. The smallest absolute Gasteiger partial charge is 0.255 e. The van der Waals surface area contributed by atoms with Crippen LogP contribution in [0.2, 0.25) is 0 Å². The number of hydrogen-bond acceptors (Lipinski definition) is 4. The van der Waals surface area contributed by atoms with Gasteiger partial charge in [0, 0.05) is 11.8 Å². The van der Waals surface area contributed by atoms with Crippen LogP contribution in [0.4, 0.5) is 0 Å². The molecule has 1 fully saturated rings. The normalized spacial score (nSPS) is 19.1. The number of aryl methyl sites for hydroxylation is 1. The second-order valence-corrected chi connectivity index (χ2v) is 5.48. The van der Waals surface area contributed by atoms with Gasteiger partial charge in [-0.15, -0.1) is 0 Å². The second-order valence-electron chi connectivity index (χ2n) is 4.51. The van der Waals surface area contributed by atoms with Crippen molar-refractivity contribution in [1.82, 2.24) is 10.3 Å². The fraction of sp³-hybridized carbons (Fsp3) is 0.750. The van der Waals surface area contributed by atoms with Gasteiger partial charge in [0.15, 0.2) is 0 Å². The lowest BCUT2D eigenvalue weighted by Crippen LogP contribution is -2.34. The highest BCUT2D eigenvalue weighted by Gasteiger charge is 2.24. The number of oxazole rings is 1. The molecule has 0 aromatic carbocycles. The van der Waals surface area contributed by atoms with Crippen molar-refractivity contribution in [2.75, 3.05) is 12.8 Å². The first-order chi connectivity index (χ1) is 7.79. The van der Waals surface area contributed by atoms with E-state index in [-0.39, 0.29) is 0 Å². The predicted molar refractivity (Wildman–Crippen MR) is 66.8 cm³/mol. The van der Waals surface area contributed by atoms with Gasteiger partial charge >= 0.3 is 0 Å². The summed E-state index contributed by atoms with van der Waals surface area (Å²) in [7, 11) is 2.06. The van der Waals surface area contributed by atoms with Crippen LogP contribution >= 0.6 is 11.8 Å². The van der Waals surface area contributed by atoms with E-state index in [2.05, 4.69) is 17.3 Å². The van der Waals surface area contributed by atoms with Crippen molar-refractivity contribution in [2.45, 2.75) is 43.9 Å². The highest BCUT2D eigenvalue weighted by atomic mass is 32.2. The van der Waals surface area contributed by atoms with Crippen LogP contribution in [-0.2, 0) is 0 Å². The number of nitrogens with one attached hydrogen (secondary N) is 1. The van der Waals surface area contributed by atoms with Gasteiger partial charge < -0.3 is 9.73 Å². The van der Waals surface area contributed by atoms with Crippen molar-refractivity contribution < 1.29 is 4.42 Å². The second kappa shape index (κ2) is 5.73. The Kier molecular flexibility index (Phi) is 4.29. The predicted octanol–water partition coefficient (Wildman–Crippen LogP) is 2.85. The zero-order chi connectivity index (χ0) is 11.4. The van der Waals surface area contributed by atoms with E-state index in [4.69, 9.17) is 4.42 Å². The molecule has 90 valence electrons. The summed E-state index contributed by atoms with van der Waals surface area (Å²) in [5, 5.41) is 4.23. The maximum absolute atomic E-state index is 5.35. The summed E-state index contributed by atoms with van der Waals surface area (Å²) in [6.45, 7) is 1.96. The van der Waals surface area contributed by atoms with Gasteiger partial charge in [-0.2, -0.15) is 0 Å². The van der Waals surface area contributed by atoms with Crippen LogP contribution in [0.5, 0.6) is 0 Å². The van der Waals surface area contributed by atoms with Crippen molar-refractivity contribution in [3.8, 4) is 0 Å². The van der Waals surface area contributed by atoms with Crippen LogP contribution in [0, 0.1) is 12.8 Å². The fourth-order valence-corrected chi connectivity index (χ4v) is 3.46. The van der Waals surface area contributed by atoms with E-state index in [0.717, 1.165) is 22.6 Å². The van der Waals surface area contributed by atoms with E-state index < -0.39 is 0 Å². The monoisotopic (exact) mass is 240 g/mol. The van der Waals surface area contributed by atoms with E-state index in [1.54, 1.807) is 18.0 Å². The first kappa shape index (κ1) is 12.0. The van der Waals surface area contributed by atoms with Gasteiger partial charge in [0.2, 0.25) is 0 Å². The number of thioether (sulfide) groups is 1. The Morgan fingerprint density at radius 1 is 1.56 bits per heavy atom. The summed E-state index contributed by atoms with van der Waals surface area (Å²) in [6, 6.07) is 0.597. The molecule has 0 amide bonds. The maximum Gasteiger partial charge on any atom is 0.255 e. The van der Waals surface area contributed by atoms with Gasteiger partial charge in [-0.05, 0) is 32.7 Å². The van der Waals surface area contributed by atoms with Gasteiger partial charge in [0.05, 0.1) is 5.69 Å². The third-order valence-electron chi connectivity index (χ3n) is 3.32. The van der Waals surface area contributed by atoms with Crippen LogP contribution in [0.15, 0.2) is 15.9 Å². The van der Waals surface area contributed by atoms with Crippen LogP contribution in [-0.4, -0.2) is 23.8 Å². The zero-order valence-corrected chi connectivity index (χ0v) is 10.8. The standard InChI is InChI=1S/C12H20N2OS/c1-9-7-15-12(14-9)16-8-11(13-2)10-5-3-4-6-10/h7,10-11,13H,3-6,8H2,1-2H3. The molecule has 1 unspecified atom stereocenters. The number of hydrogen-bond donors (Lipinski definition) is 1. The summed E-state index contributed by atoms with van der Waals surface area (Å²) in [6.07, 6.45) is 7.25. The van der Waals surface area contributed by atoms with Gasteiger partial charge in [-0.3, -0.25) is 0 Å². The lowest BCUT2D eigenvalue weighted by Gasteiger charge is -2.21. The molecule has 1 aromatic rings. The lowest BCUT2D eigenvalue weighted by atomic mass is 10.0. The summed E-state index contributed by atoms with van der Waals surface area (Å²) in [5.74, 6) is 1.90. The number of aromatic nitrogens is 1. The Labute approximate surface area is 101 Å². The fourth-order valence-electron chi connectivity index (χ4n) is 2.37. The minimum atomic E-state index is 0.597. The Balaban J connectivity index is 1.82. The Morgan fingerprint density at radius 3 is 2.88 bits per heavy atom. The van der Waals surface area contributed by atoms with Gasteiger partial charge in [-0.25, -0.2) is 4.98 Å². The molecule has 2 rings (SSSR count). The molecule has 1 aromatic heterocycles. The minimum Gasteiger partial charge on any atom is -0.440 e.